The van der Waals surface area contributed by atoms with Gasteiger partial charge in [-0.15, -0.1) is 0 Å². The number of aromatic nitrogens is 2. The van der Waals surface area contributed by atoms with Gasteiger partial charge in [-0.25, -0.2) is 9.13 Å². The van der Waals surface area contributed by atoms with Crippen LogP contribution in [0.4, 0.5) is 0 Å². The van der Waals surface area contributed by atoms with E-state index in [-0.39, 0.29) is 0 Å². The lowest BCUT2D eigenvalue weighted by Gasteiger charge is -2.06. The molecule has 0 spiro atoms. The minimum absolute atomic E-state index is 1.14. The molecule has 0 atom stereocenters. The molecule has 2 rings (SSSR count). The van der Waals surface area contributed by atoms with E-state index < -0.39 is 0 Å². The van der Waals surface area contributed by atoms with Crippen molar-refractivity contribution in [2.75, 3.05) is 0 Å². The summed E-state index contributed by atoms with van der Waals surface area (Å²) in [4.78, 5) is 0. The quantitative estimate of drug-likeness (QED) is 0.0929. The van der Waals surface area contributed by atoms with Crippen LogP contribution in [0.3, 0.4) is 0 Å². The normalized spacial score (nSPS) is 11.4. The van der Waals surface area contributed by atoms with Crippen LogP contribution in [0.1, 0.15) is 155 Å². The Morgan fingerprint density at radius 1 is 0.514 bits per heavy atom. The Hall–Kier alpha value is -1.57. The summed E-state index contributed by atoms with van der Waals surface area (Å²) in [5.41, 5.74) is 1.35. The van der Waals surface area contributed by atoms with Gasteiger partial charge in [0.05, 0.1) is 18.7 Å². The van der Waals surface area contributed by atoms with E-state index in [9.17, 15) is 0 Å². The van der Waals surface area contributed by atoms with E-state index in [1.807, 2.05) is 0 Å². The highest BCUT2D eigenvalue weighted by atomic mass is 15.1. The summed E-state index contributed by atoms with van der Waals surface area (Å²) in [5, 5.41) is 0. The van der Waals surface area contributed by atoms with Crippen LogP contribution in [-0.4, -0.2) is 4.57 Å². The molecule has 1 heterocycles. The third-order valence-electron chi connectivity index (χ3n) is 8.01. The molecule has 0 aliphatic heterocycles. The van der Waals surface area contributed by atoms with Gasteiger partial charge in [0.25, 0.3) is 5.82 Å². The lowest BCUT2D eigenvalue weighted by molar-refractivity contribution is -0.686. The molecule has 1 aromatic carbocycles. The molecular formula is C35H61N2+. The zero-order chi connectivity index (χ0) is 26.2. The van der Waals surface area contributed by atoms with Crippen LogP contribution < -0.4 is 4.57 Å². The molecule has 2 aromatic rings. The first-order chi connectivity index (χ1) is 18.4. The topological polar surface area (TPSA) is 8.81 Å². The van der Waals surface area contributed by atoms with E-state index in [2.05, 4.69) is 65.7 Å². The minimum Gasteiger partial charge on any atom is -0.230 e. The molecule has 0 amide bonds. The van der Waals surface area contributed by atoms with Crippen molar-refractivity contribution in [1.82, 2.24) is 4.57 Å². The third-order valence-corrected chi connectivity index (χ3v) is 8.01. The number of hydrogen-bond acceptors (Lipinski definition) is 0. The number of unbranched alkanes of at least 4 members (excludes halogenated alkanes) is 20. The van der Waals surface area contributed by atoms with Gasteiger partial charge in [-0.05, 0) is 37.8 Å². The maximum atomic E-state index is 2.51. The minimum atomic E-state index is 1.14. The molecule has 1 aromatic heterocycles. The Labute approximate surface area is 231 Å². The van der Waals surface area contributed by atoms with Gasteiger partial charge in [0, 0.05) is 0 Å². The summed E-state index contributed by atoms with van der Waals surface area (Å²) in [6.07, 6.45) is 35.7. The SMILES string of the molecule is CCCCCCCCCCCCCCCCCCCn1cc[n+](CCCCCCC)c1-c1ccccc1. The summed E-state index contributed by atoms with van der Waals surface area (Å²) < 4.78 is 5.00. The fourth-order valence-electron chi connectivity index (χ4n) is 5.64. The van der Waals surface area contributed by atoms with Gasteiger partial charge >= 0.3 is 0 Å². The summed E-state index contributed by atoms with van der Waals surface area (Å²) >= 11 is 0. The van der Waals surface area contributed by atoms with Gasteiger partial charge < -0.3 is 0 Å². The van der Waals surface area contributed by atoms with Crippen LogP contribution in [0, 0.1) is 0 Å². The van der Waals surface area contributed by atoms with Gasteiger partial charge in [0.2, 0.25) is 0 Å². The Morgan fingerprint density at radius 2 is 0.946 bits per heavy atom. The average Bonchev–Trinajstić information content (AvgIpc) is 3.33. The molecule has 2 heteroatoms. The highest BCUT2D eigenvalue weighted by molar-refractivity contribution is 5.52. The molecule has 0 bridgehead atoms. The molecule has 37 heavy (non-hydrogen) atoms. The number of aryl methyl sites for hydroxylation is 2. The smallest absolute Gasteiger partial charge is 0.230 e. The van der Waals surface area contributed by atoms with Gasteiger partial charge in [-0.2, -0.15) is 0 Å². The van der Waals surface area contributed by atoms with E-state index in [1.54, 1.807) is 0 Å². The molecule has 0 aliphatic rings. The number of hydrogen-bond donors (Lipinski definition) is 0. The lowest BCUT2D eigenvalue weighted by Crippen LogP contribution is -2.34. The van der Waals surface area contributed by atoms with Crippen molar-refractivity contribution >= 4 is 0 Å². The number of rotatable bonds is 25. The fraction of sp³-hybridized carbons (Fsp3) is 0.743. The van der Waals surface area contributed by atoms with Crippen molar-refractivity contribution in [3.63, 3.8) is 0 Å². The molecular weight excluding hydrogens is 448 g/mol. The second-order valence-electron chi connectivity index (χ2n) is 11.4. The fourth-order valence-corrected chi connectivity index (χ4v) is 5.64. The molecule has 0 unspecified atom stereocenters. The zero-order valence-corrected chi connectivity index (χ0v) is 24.9. The molecule has 0 saturated carbocycles. The Kier molecular flexibility index (Phi) is 19.2. The van der Waals surface area contributed by atoms with Crippen molar-refractivity contribution in [2.24, 2.45) is 0 Å². The first-order valence-electron chi connectivity index (χ1n) is 16.5. The largest absolute Gasteiger partial charge is 0.288 e. The van der Waals surface area contributed by atoms with E-state index in [4.69, 9.17) is 0 Å². The van der Waals surface area contributed by atoms with Crippen LogP contribution in [-0.2, 0) is 13.1 Å². The first-order valence-corrected chi connectivity index (χ1v) is 16.5. The molecule has 0 N–H and O–H groups in total. The van der Waals surface area contributed by atoms with E-state index in [0.717, 1.165) is 13.1 Å². The first kappa shape index (κ1) is 31.6. The van der Waals surface area contributed by atoms with Crippen LogP contribution in [0.15, 0.2) is 42.7 Å². The van der Waals surface area contributed by atoms with E-state index in [0.29, 0.717) is 0 Å². The van der Waals surface area contributed by atoms with E-state index in [1.165, 1.54) is 153 Å². The van der Waals surface area contributed by atoms with Crippen molar-refractivity contribution in [2.45, 2.75) is 168 Å². The third kappa shape index (κ3) is 14.8. The van der Waals surface area contributed by atoms with Crippen molar-refractivity contribution < 1.29 is 4.57 Å². The number of nitrogens with zero attached hydrogens (tertiary/aromatic N) is 2. The molecule has 0 aliphatic carbocycles. The van der Waals surface area contributed by atoms with Crippen LogP contribution in [0.5, 0.6) is 0 Å². The molecule has 0 saturated heterocycles. The number of benzene rings is 1. The predicted molar refractivity (Wildman–Crippen MR) is 163 cm³/mol. The average molecular weight is 510 g/mol. The van der Waals surface area contributed by atoms with E-state index >= 15 is 0 Å². The predicted octanol–water partition coefficient (Wildman–Crippen LogP) is 11.1. The van der Waals surface area contributed by atoms with Crippen LogP contribution >= 0.6 is 0 Å². The van der Waals surface area contributed by atoms with Crippen molar-refractivity contribution in [3.8, 4) is 11.4 Å². The highest BCUT2D eigenvalue weighted by Gasteiger charge is 2.18. The zero-order valence-electron chi connectivity index (χ0n) is 24.9. The molecule has 210 valence electrons. The van der Waals surface area contributed by atoms with Gasteiger partial charge in [-0.3, -0.25) is 0 Å². The Morgan fingerprint density at radius 3 is 1.43 bits per heavy atom. The van der Waals surface area contributed by atoms with Crippen molar-refractivity contribution in [1.29, 1.82) is 0 Å². The lowest BCUT2D eigenvalue weighted by atomic mass is 10.0. The summed E-state index contributed by atoms with van der Waals surface area (Å²) in [6, 6.07) is 11.0. The van der Waals surface area contributed by atoms with Crippen LogP contribution in [0.2, 0.25) is 0 Å². The maximum absolute atomic E-state index is 2.51. The van der Waals surface area contributed by atoms with Gasteiger partial charge in [-0.1, -0.05) is 148 Å². The second kappa shape index (κ2) is 22.4. The summed E-state index contributed by atoms with van der Waals surface area (Å²) in [5.74, 6) is 1.40. The summed E-state index contributed by atoms with van der Waals surface area (Å²) in [7, 11) is 0. The second-order valence-corrected chi connectivity index (χ2v) is 11.4. The summed E-state index contributed by atoms with van der Waals surface area (Å²) in [6.45, 7) is 6.88. The van der Waals surface area contributed by atoms with Crippen LogP contribution in [0.25, 0.3) is 11.4 Å². The Bertz CT molecular complexity index is 748. The van der Waals surface area contributed by atoms with Gasteiger partial charge in [0.1, 0.15) is 12.4 Å². The maximum Gasteiger partial charge on any atom is 0.288 e. The molecule has 2 nitrogen and oxygen atoms in total. The monoisotopic (exact) mass is 509 g/mol. The van der Waals surface area contributed by atoms with Gasteiger partial charge in [0.15, 0.2) is 0 Å². The molecule has 0 fully saturated rings. The molecule has 0 radical (unpaired) electrons. The standard InChI is InChI=1S/C35H61N2/c1-3-5-7-9-10-11-12-13-14-15-16-17-18-19-20-22-27-31-37-33-32-36(30-26-21-8-6-4-2)35(37)34-28-24-23-25-29-34/h23-25,28-29,32-33H,3-22,26-27,30-31H2,1-2H3/q+1. The van der Waals surface area contributed by atoms with Crippen molar-refractivity contribution in [3.05, 3.63) is 42.7 Å². The Balaban J connectivity index is 1.54. The number of imidazole rings is 1. The highest BCUT2D eigenvalue weighted by Crippen LogP contribution is 2.18.